The van der Waals surface area contributed by atoms with E-state index in [-0.39, 0.29) is 0 Å². The van der Waals surface area contributed by atoms with E-state index in [1.807, 2.05) is 19.0 Å². The molecule has 2 aromatic rings. The molecule has 0 amide bonds. The van der Waals surface area contributed by atoms with Gasteiger partial charge >= 0.3 is 0 Å². The van der Waals surface area contributed by atoms with E-state index in [1.54, 1.807) is 12.3 Å². The fraction of sp³-hybridized carbons (Fsp3) is 0.600. The van der Waals surface area contributed by atoms with Gasteiger partial charge in [0.1, 0.15) is 30.0 Å². The lowest BCUT2D eigenvalue weighted by Gasteiger charge is -2.16. The Balaban J connectivity index is 1.86. The summed E-state index contributed by atoms with van der Waals surface area (Å²) in [5, 5.41) is 22.9. The molecule has 1 saturated heterocycles. The van der Waals surface area contributed by atoms with Crippen molar-refractivity contribution >= 4 is 16.9 Å². The zero-order valence-corrected chi connectivity index (χ0v) is 13.6. The van der Waals surface area contributed by atoms with E-state index in [2.05, 4.69) is 15.3 Å². The van der Waals surface area contributed by atoms with Crippen molar-refractivity contribution in [2.75, 3.05) is 39.1 Å². The van der Waals surface area contributed by atoms with Gasteiger partial charge in [-0.05, 0) is 20.2 Å². The van der Waals surface area contributed by atoms with Crippen molar-refractivity contribution in [3.63, 3.8) is 0 Å². The van der Waals surface area contributed by atoms with Crippen LogP contribution < -0.4 is 5.32 Å². The Bertz CT molecular complexity index is 695. The van der Waals surface area contributed by atoms with Gasteiger partial charge in [-0.15, -0.1) is 0 Å². The van der Waals surface area contributed by atoms with Gasteiger partial charge in [0.05, 0.1) is 12.0 Å². The number of likely N-dealkylation sites (N-methyl/N-ethyl adjacent to an activating group) is 1. The number of hydrogen-bond donors (Lipinski definition) is 3. The molecule has 0 aliphatic carbocycles. The minimum absolute atomic E-state index is 0.441. The highest BCUT2D eigenvalue weighted by Gasteiger charge is 2.45. The number of nitrogens with zero attached hydrogens (tertiary/aromatic N) is 4. The molecule has 3 N–H and O–H groups in total. The Labute approximate surface area is 138 Å². The van der Waals surface area contributed by atoms with Gasteiger partial charge in [0.15, 0.2) is 12.4 Å². The van der Waals surface area contributed by atoms with Crippen molar-refractivity contribution < 1.29 is 19.3 Å². The van der Waals surface area contributed by atoms with Crippen LogP contribution in [0.2, 0.25) is 0 Å². The number of ether oxygens (including phenoxy) is 1. The van der Waals surface area contributed by atoms with Crippen LogP contribution in [0.15, 0.2) is 18.6 Å². The van der Waals surface area contributed by atoms with E-state index < -0.39 is 31.2 Å². The van der Waals surface area contributed by atoms with Crippen LogP contribution in [0.3, 0.4) is 0 Å². The number of fused-ring (bicyclic) bond motifs is 1. The largest absolute Gasteiger partial charge is 0.394 e. The molecule has 4 atom stereocenters. The number of rotatable bonds is 6. The molecule has 9 heteroatoms. The minimum atomic E-state index is -1.64. The number of halogens is 1. The molecule has 1 fully saturated rings. The van der Waals surface area contributed by atoms with Crippen LogP contribution in [0.1, 0.15) is 6.23 Å². The predicted octanol–water partition coefficient (Wildman–Crippen LogP) is -0.00650. The molecule has 24 heavy (non-hydrogen) atoms. The number of alkyl halides is 1. The summed E-state index contributed by atoms with van der Waals surface area (Å²) in [7, 11) is 3.96. The number of aliphatic hydroxyl groups is 2. The average molecular weight is 339 g/mol. The second-order valence-corrected chi connectivity index (χ2v) is 6.10. The Morgan fingerprint density at radius 1 is 1.42 bits per heavy atom. The Morgan fingerprint density at radius 3 is 2.88 bits per heavy atom. The Hall–Kier alpha value is -1.81. The van der Waals surface area contributed by atoms with Gasteiger partial charge in [-0.3, -0.25) is 0 Å². The summed E-state index contributed by atoms with van der Waals surface area (Å²) in [5.41, 5.74) is 0.510. The summed E-state index contributed by atoms with van der Waals surface area (Å²) in [6.07, 6.45) is -1.92. The average Bonchev–Trinajstić information content (AvgIpc) is 3.10. The number of hydrogen-bond acceptors (Lipinski definition) is 7. The molecule has 1 aliphatic heterocycles. The van der Waals surface area contributed by atoms with E-state index >= 15 is 0 Å². The molecule has 3 heterocycles. The first-order chi connectivity index (χ1) is 11.5. The van der Waals surface area contributed by atoms with Crippen LogP contribution >= 0.6 is 0 Å². The van der Waals surface area contributed by atoms with Gasteiger partial charge in [0, 0.05) is 19.3 Å². The smallest absolute Gasteiger partial charge is 0.173 e. The molecule has 3 rings (SSSR count). The van der Waals surface area contributed by atoms with Crippen molar-refractivity contribution in [1.29, 1.82) is 0 Å². The molecule has 8 nitrogen and oxygen atoms in total. The van der Waals surface area contributed by atoms with Crippen LogP contribution in [-0.4, -0.2) is 81.8 Å². The second-order valence-electron chi connectivity index (χ2n) is 6.10. The fourth-order valence-corrected chi connectivity index (χ4v) is 2.79. The van der Waals surface area contributed by atoms with E-state index in [0.29, 0.717) is 18.0 Å². The van der Waals surface area contributed by atoms with E-state index in [9.17, 15) is 9.50 Å². The van der Waals surface area contributed by atoms with E-state index in [0.717, 1.165) is 11.9 Å². The first kappa shape index (κ1) is 17.0. The zero-order valence-electron chi connectivity index (χ0n) is 13.6. The molecule has 0 saturated carbocycles. The third-order valence-corrected chi connectivity index (χ3v) is 4.11. The zero-order chi connectivity index (χ0) is 17.3. The van der Waals surface area contributed by atoms with Crippen LogP contribution in [0, 0.1) is 0 Å². The highest BCUT2D eigenvalue weighted by Crippen LogP contribution is 2.34. The topological polar surface area (TPSA) is 95.7 Å². The maximum atomic E-state index is 14.3. The van der Waals surface area contributed by atoms with Gasteiger partial charge in [-0.2, -0.15) is 0 Å². The van der Waals surface area contributed by atoms with E-state index in [1.165, 1.54) is 10.9 Å². The monoisotopic (exact) mass is 339 g/mol. The Kier molecular flexibility index (Phi) is 4.95. The number of aliphatic hydroxyl groups excluding tert-OH is 2. The van der Waals surface area contributed by atoms with Gasteiger partial charge in [-0.25, -0.2) is 14.4 Å². The van der Waals surface area contributed by atoms with Gasteiger partial charge in [-0.1, -0.05) is 0 Å². The maximum Gasteiger partial charge on any atom is 0.173 e. The molecule has 0 unspecified atom stereocenters. The molecule has 0 spiro atoms. The molecule has 0 aromatic carbocycles. The minimum Gasteiger partial charge on any atom is -0.394 e. The number of nitrogens with one attached hydrogen (secondary N) is 1. The fourth-order valence-electron chi connectivity index (χ4n) is 2.79. The van der Waals surface area contributed by atoms with Crippen molar-refractivity contribution in [3.8, 4) is 0 Å². The summed E-state index contributed by atoms with van der Waals surface area (Å²) < 4.78 is 21.3. The van der Waals surface area contributed by atoms with Crippen LogP contribution in [0.25, 0.3) is 11.0 Å². The summed E-state index contributed by atoms with van der Waals surface area (Å²) in [6.45, 7) is 1.11. The molecule has 2 aromatic heterocycles. The lowest BCUT2D eigenvalue weighted by atomic mass is 10.1. The summed E-state index contributed by atoms with van der Waals surface area (Å²) in [5.74, 6) is 0.660. The van der Waals surface area contributed by atoms with Crippen LogP contribution in [-0.2, 0) is 4.74 Å². The molecule has 1 aliphatic rings. The summed E-state index contributed by atoms with van der Waals surface area (Å²) in [6, 6.07) is 1.78. The van der Waals surface area contributed by atoms with Crippen molar-refractivity contribution in [2.24, 2.45) is 0 Å². The quantitative estimate of drug-likeness (QED) is 0.681. The van der Waals surface area contributed by atoms with Crippen molar-refractivity contribution in [2.45, 2.75) is 24.6 Å². The summed E-state index contributed by atoms with van der Waals surface area (Å²) in [4.78, 5) is 10.5. The standard InChI is InChI=1S/C15H22FN5O3/c1-20(2)6-4-17-13-9-3-5-21(14(9)19-8-18-13)15-11(16)12(23)10(7-22)24-15/h3,5,8,10-12,15,22-23H,4,6-7H2,1-2H3,(H,17,18,19)/t10-,11+,12-,15-/m1/s1. The molecular formula is C15H22FN5O3. The second kappa shape index (κ2) is 6.98. The third kappa shape index (κ3) is 3.07. The van der Waals surface area contributed by atoms with E-state index in [4.69, 9.17) is 9.84 Å². The lowest BCUT2D eigenvalue weighted by molar-refractivity contribution is -0.0457. The van der Waals surface area contributed by atoms with Crippen molar-refractivity contribution in [3.05, 3.63) is 18.6 Å². The normalized spacial score (nSPS) is 27.2. The maximum absolute atomic E-state index is 14.3. The molecule has 132 valence electrons. The predicted molar refractivity (Wildman–Crippen MR) is 86.5 cm³/mol. The van der Waals surface area contributed by atoms with Crippen LogP contribution in [0.5, 0.6) is 0 Å². The van der Waals surface area contributed by atoms with Gasteiger partial charge < -0.3 is 29.7 Å². The Morgan fingerprint density at radius 2 is 2.21 bits per heavy atom. The first-order valence-corrected chi connectivity index (χ1v) is 7.81. The number of anilines is 1. The lowest BCUT2D eigenvalue weighted by Crippen LogP contribution is -2.30. The SMILES string of the molecule is CN(C)CCNc1ncnc2c1ccn2[C@@H]1O[C@H](CO)[C@@H](O)[C@@H]1F. The highest BCUT2D eigenvalue weighted by atomic mass is 19.1. The molecule has 0 radical (unpaired) electrons. The highest BCUT2D eigenvalue weighted by molar-refractivity contribution is 5.87. The summed E-state index contributed by atoms with van der Waals surface area (Å²) >= 11 is 0. The van der Waals surface area contributed by atoms with Gasteiger partial charge in [0.2, 0.25) is 0 Å². The first-order valence-electron chi connectivity index (χ1n) is 7.81. The molecule has 0 bridgehead atoms. The number of aromatic nitrogens is 3. The third-order valence-electron chi connectivity index (χ3n) is 4.11. The van der Waals surface area contributed by atoms with Crippen molar-refractivity contribution in [1.82, 2.24) is 19.4 Å². The van der Waals surface area contributed by atoms with Crippen LogP contribution in [0.4, 0.5) is 10.2 Å². The molecular weight excluding hydrogens is 317 g/mol. The van der Waals surface area contributed by atoms with Gasteiger partial charge in [0.25, 0.3) is 0 Å².